The first kappa shape index (κ1) is 13.6. The maximum atomic E-state index is 11.7. The summed E-state index contributed by atoms with van der Waals surface area (Å²) < 4.78 is 10.8. The van der Waals surface area contributed by atoms with Crippen LogP contribution in [-0.2, 0) is 19.1 Å². The predicted molar refractivity (Wildman–Crippen MR) is 72.1 cm³/mol. The number of ether oxygens (including phenoxy) is 2. The van der Waals surface area contributed by atoms with Gasteiger partial charge in [0.25, 0.3) is 5.79 Å². The molecule has 1 heterocycles. The summed E-state index contributed by atoms with van der Waals surface area (Å²) in [5.74, 6) is -2.64. The fourth-order valence-electron chi connectivity index (χ4n) is 1.51. The maximum Gasteiger partial charge on any atom is 0.350 e. The molecule has 0 bridgehead atoms. The summed E-state index contributed by atoms with van der Waals surface area (Å²) in [5, 5.41) is 2.86. The molecule has 0 aromatic heterocycles. The van der Waals surface area contributed by atoms with E-state index in [0.717, 1.165) is 10.2 Å². The smallest absolute Gasteiger partial charge is 0.350 e. The Morgan fingerprint density at radius 2 is 1.74 bits per heavy atom. The number of rotatable bonds is 2. The van der Waals surface area contributed by atoms with E-state index in [-0.39, 0.29) is 5.57 Å². The van der Waals surface area contributed by atoms with Gasteiger partial charge in [0.1, 0.15) is 0 Å². The first-order valence-electron chi connectivity index (χ1n) is 5.57. The number of carbonyl (C=O) groups is 2. The maximum absolute atomic E-state index is 11.7. The molecule has 1 fully saturated rings. The topological polar surface area (TPSA) is 64.6 Å². The van der Waals surface area contributed by atoms with Crippen LogP contribution >= 0.6 is 15.9 Å². The standard InChI is InChI=1S/C13H12BrNO4/c1-13(2)18-11(16)8(12(17)19-13)7-15-10-6-4-3-5-9(10)14/h3-7,15H,1-2H3. The van der Waals surface area contributed by atoms with Gasteiger partial charge in [0.05, 0.1) is 5.69 Å². The molecule has 0 saturated carbocycles. The lowest BCUT2D eigenvalue weighted by Gasteiger charge is -2.29. The van der Waals surface area contributed by atoms with Gasteiger partial charge in [0, 0.05) is 24.5 Å². The second-order valence-electron chi connectivity index (χ2n) is 4.36. The number of hydrogen-bond donors (Lipinski definition) is 1. The highest BCUT2D eigenvalue weighted by Gasteiger charge is 2.38. The molecule has 2 rings (SSSR count). The molecule has 0 spiro atoms. The number of carbonyl (C=O) groups excluding carboxylic acids is 2. The van der Waals surface area contributed by atoms with Gasteiger partial charge in [-0.05, 0) is 28.1 Å². The quantitative estimate of drug-likeness (QED) is 0.514. The van der Waals surface area contributed by atoms with Crippen molar-refractivity contribution < 1.29 is 19.1 Å². The van der Waals surface area contributed by atoms with E-state index in [1.54, 1.807) is 6.07 Å². The lowest BCUT2D eigenvalue weighted by Crippen LogP contribution is -2.42. The Morgan fingerprint density at radius 1 is 1.16 bits per heavy atom. The fourth-order valence-corrected chi connectivity index (χ4v) is 1.91. The zero-order valence-electron chi connectivity index (χ0n) is 10.4. The number of para-hydroxylation sites is 1. The third-order valence-corrected chi connectivity index (χ3v) is 3.05. The molecule has 19 heavy (non-hydrogen) atoms. The van der Waals surface area contributed by atoms with Crippen LogP contribution in [-0.4, -0.2) is 17.7 Å². The lowest BCUT2D eigenvalue weighted by molar-refractivity contribution is -0.222. The number of halogens is 1. The van der Waals surface area contributed by atoms with Crippen molar-refractivity contribution in [2.45, 2.75) is 19.6 Å². The van der Waals surface area contributed by atoms with E-state index in [0.29, 0.717) is 0 Å². The van der Waals surface area contributed by atoms with E-state index < -0.39 is 17.7 Å². The van der Waals surface area contributed by atoms with Crippen LogP contribution in [0.15, 0.2) is 40.5 Å². The van der Waals surface area contributed by atoms with Crippen LogP contribution in [0.2, 0.25) is 0 Å². The Morgan fingerprint density at radius 3 is 2.32 bits per heavy atom. The van der Waals surface area contributed by atoms with E-state index in [4.69, 9.17) is 9.47 Å². The van der Waals surface area contributed by atoms with E-state index in [1.165, 1.54) is 20.0 Å². The largest absolute Gasteiger partial charge is 0.419 e. The minimum absolute atomic E-state index is 0.171. The van der Waals surface area contributed by atoms with Crippen molar-refractivity contribution >= 4 is 33.6 Å². The van der Waals surface area contributed by atoms with Crippen molar-refractivity contribution in [3.05, 3.63) is 40.5 Å². The number of benzene rings is 1. The molecule has 0 atom stereocenters. The number of anilines is 1. The Balaban J connectivity index is 2.18. The van der Waals surface area contributed by atoms with Crippen LogP contribution in [0, 0.1) is 0 Å². The van der Waals surface area contributed by atoms with Gasteiger partial charge in [-0.2, -0.15) is 0 Å². The number of cyclic esters (lactones) is 2. The summed E-state index contributed by atoms with van der Waals surface area (Å²) in [6.07, 6.45) is 1.28. The molecular weight excluding hydrogens is 314 g/mol. The lowest BCUT2D eigenvalue weighted by atomic mass is 10.2. The molecule has 1 aromatic rings. The third kappa shape index (κ3) is 3.14. The zero-order valence-corrected chi connectivity index (χ0v) is 12.0. The first-order valence-corrected chi connectivity index (χ1v) is 6.36. The molecular formula is C13H12BrNO4. The van der Waals surface area contributed by atoms with Crippen LogP contribution in [0.25, 0.3) is 0 Å². The number of esters is 2. The molecule has 1 N–H and O–H groups in total. The summed E-state index contributed by atoms with van der Waals surface area (Å²) >= 11 is 3.35. The molecule has 0 amide bonds. The van der Waals surface area contributed by atoms with Crippen LogP contribution in [0.5, 0.6) is 0 Å². The van der Waals surface area contributed by atoms with Crippen molar-refractivity contribution in [3.63, 3.8) is 0 Å². The Bertz CT molecular complexity index is 544. The summed E-state index contributed by atoms with van der Waals surface area (Å²) in [7, 11) is 0. The molecule has 1 aliphatic rings. The Labute approximate surface area is 118 Å². The van der Waals surface area contributed by atoms with E-state index in [2.05, 4.69) is 21.2 Å². The molecule has 5 nitrogen and oxygen atoms in total. The molecule has 1 aliphatic heterocycles. The van der Waals surface area contributed by atoms with Crippen LogP contribution < -0.4 is 5.32 Å². The summed E-state index contributed by atoms with van der Waals surface area (Å²) in [4.78, 5) is 23.4. The third-order valence-electron chi connectivity index (χ3n) is 2.36. The Hall–Kier alpha value is -1.82. The predicted octanol–water partition coefficient (Wildman–Crippen LogP) is 2.58. The van der Waals surface area contributed by atoms with Gasteiger partial charge in [-0.3, -0.25) is 0 Å². The van der Waals surface area contributed by atoms with Gasteiger partial charge in [-0.15, -0.1) is 0 Å². The van der Waals surface area contributed by atoms with E-state index in [9.17, 15) is 9.59 Å². The average Bonchev–Trinajstić information content (AvgIpc) is 2.28. The van der Waals surface area contributed by atoms with Crippen LogP contribution in [0.3, 0.4) is 0 Å². The Kier molecular flexibility index (Phi) is 3.61. The van der Waals surface area contributed by atoms with Crippen LogP contribution in [0.1, 0.15) is 13.8 Å². The molecule has 1 aromatic carbocycles. The minimum atomic E-state index is -1.22. The van der Waals surface area contributed by atoms with Gasteiger partial charge in [-0.25, -0.2) is 9.59 Å². The SMILES string of the molecule is CC1(C)OC(=O)C(=CNc2ccccc2Br)C(=O)O1. The summed E-state index contributed by atoms with van der Waals surface area (Å²) in [6.45, 7) is 3.00. The highest BCUT2D eigenvalue weighted by Crippen LogP contribution is 2.24. The van der Waals surface area contributed by atoms with Gasteiger partial charge in [-0.1, -0.05) is 12.1 Å². The van der Waals surface area contributed by atoms with Crippen molar-refractivity contribution in [3.8, 4) is 0 Å². The first-order chi connectivity index (χ1) is 8.89. The van der Waals surface area contributed by atoms with E-state index in [1.807, 2.05) is 18.2 Å². The van der Waals surface area contributed by atoms with Gasteiger partial charge < -0.3 is 14.8 Å². The van der Waals surface area contributed by atoms with Crippen LogP contribution in [0.4, 0.5) is 5.69 Å². The normalized spacial score (nSPS) is 17.5. The van der Waals surface area contributed by atoms with Gasteiger partial charge in [0.2, 0.25) is 0 Å². The molecule has 100 valence electrons. The van der Waals surface area contributed by atoms with Crippen molar-refractivity contribution in [2.24, 2.45) is 0 Å². The monoisotopic (exact) mass is 325 g/mol. The fraction of sp³-hybridized carbons (Fsp3) is 0.231. The number of nitrogens with one attached hydrogen (secondary N) is 1. The van der Waals surface area contributed by atoms with Crippen molar-refractivity contribution in [1.82, 2.24) is 0 Å². The second-order valence-corrected chi connectivity index (χ2v) is 5.22. The molecule has 0 aliphatic carbocycles. The summed E-state index contributed by atoms with van der Waals surface area (Å²) in [6, 6.07) is 7.31. The average molecular weight is 326 g/mol. The number of hydrogen-bond acceptors (Lipinski definition) is 5. The molecule has 6 heteroatoms. The minimum Gasteiger partial charge on any atom is -0.419 e. The summed E-state index contributed by atoms with van der Waals surface area (Å²) in [5.41, 5.74) is 0.551. The zero-order chi connectivity index (χ0) is 14.0. The van der Waals surface area contributed by atoms with Crippen molar-refractivity contribution in [1.29, 1.82) is 0 Å². The van der Waals surface area contributed by atoms with Gasteiger partial charge in [0.15, 0.2) is 5.57 Å². The van der Waals surface area contributed by atoms with Crippen molar-refractivity contribution in [2.75, 3.05) is 5.32 Å². The highest BCUT2D eigenvalue weighted by molar-refractivity contribution is 9.10. The molecule has 0 radical (unpaired) electrons. The highest BCUT2D eigenvalue weighted by atomic mass is 79.9. The van der Waals surface area contributed by atoms with E-state index >= 15 is 0 Å². The van der Waals surface area contributed by atoms with Gasteiger partial charge >= 0.3 is 11.9 Å². The molecule has 0 unspecified atom stereocenters. The molecule has 1 saturated heterocycles. The second kappa shape index (κ2) is 5.05.